The van der Waals surface area contributed by atoms with Crippen LogP contribution < -0.4 is 5.73 Å². The fraction of sp³-hybridized carbons (Fsp3) is 0.571. The first-order valence-corrected chi connectivity index (χ1v) is 8.19. The second-order valence-electron chi connectivity index (χ2n) is 5.42. The van der Waals surface area contributed by atoms with Gasteiger partial charge in [-0.1, -0.05) is 6.92 Å². The zero-order chi connectivity index (χ0) is 14.9. The third-order valence-corrected chi connectivity index (χ3v) is 5.90. The number of hydrogen-bond acceptors (Lipinski definition) is 4. The van der Waals surface area contributed by atoms with E-state index >= 15 is 0 Å². The van der Waals surface area contributed by atoms with E-state index in [0.29, 0.717) is 29.6 Å². The monoisotopic (exact) mass is 298 g/mol. The van der Waals surface area contributed by atoms with Crippen molar-refractivity contribution in [3.63, 3.8) is 0 Å². The van der Waals surface area contributed by atoms with Gasteiger partial charge >= 0.3 is 0 Å². The zero-order valence-corrected chi connectivity index (χ0v) is 13.0. The van der Waals surface area contributed by atoms with Crippen LogP contribution in [0.2, 0.25) is 0 Å². The van der Waals surface area contributed by atoms with E-state index in [2.05, 4.69) is 6.92 Å². The van der Waals surface area contributed by atoms with Crippen molar-refractivity contribution in [2.24, 2.45) is 5.92 Å². The fourth-order valence-corrected chi connectivity index (χ4v) is 4.04. The molecule has 0 radical (unpaired) electrons. The van der Waals surface area contributed by atoms with Gasteiger partial charge in [-0.15, -0.1) is 0 Å². The molecule has 20 heavy (non-hydrogen) atoms. The summed E-state index contributed by atoms with van der Waals surface area (Å²) in [5.74, 6) is 0.375. The average molecular weight is 298 g/mol. The molecule has 0 aliphatic carbocycles. The maximum Gasteiger partial charge on any atom is 0.243 e. The van der Waals surface area contributed by atoms with Gasteiger partial charge in [0.05, 0.1) is 11.0 Å². The first-order chi connectivity index (χ1) is 9.36. The molecule has 0 saturated carbocycles. The molecule has 2 unspecified atom stereocenters. The van der Waals surface area contributed by atoms with Crippen LogP contribution in [0.4, 0.5) is 5.69 Å². The normalized spacial score (nSPS) is 24.8. The van der Waals surface area contributed by atoms with Crippen LogP contribution in [-0.4, -0.2) is 39.0 Å². The lowest BCUT2D eigenvalue weighted by molar-refractivity contribution is 0.0184. The van der Waals surface area contributed by atoms with Crippen LogP contribution in [0.1, 0.15) is 18.9 Å². The summed E-state index contributed by atoms with van der Waals surface area (Å²) in [4.78, 5) is 0.300. The molecule has 2 rings (SSSR count). The molecule has 1 aromatic carbocycles. The fourth-order valence-electron chi connectivity index (χ4n) is 2.49. The summed E-state index contributed by atoms with van der Waals surface area (Å²) in [6.45, 7) is 4.84. The highest BCUT2D eigenvalue weighted by Crippen LogP contribution is 2.26. The standard InChI is InChI=1S/C14H22N2O3S/c1-10-6-7-16(9-14(10)19-3)20(17,18)12-4-5-13(15)11(2)8-12/h4-5,8,10,14H,6-7,9,15H2,1-3H3. The Morgan fingerprint density at radius 3 is 2.70 bits per heavy atom. The van der Waals surface area contributed by atoms with Crippen molar-refractivity contribution in [3.8, 4) is 0 Å². The van der Waals surface area contributed by atoms with Gasteiger partial charge < -0.3 is 10.5 Å². The highest BCUT2D eigenvalue weighted by atomic mass is 32.2. The predicted molar refractivity (Wildman–Crippen MR) is 78.9 cm³/mol. The Balaban J connectivity index is 2.28. The number of sulfonamides is 1. The minimum Gasteiger partial charge on any atom is -0.399 e. The maximum absolute atomic E-state index is 12.6. The Morgan fingerprint density at radius 2 is 2.10 bits per heavy atom. The summed E-state index contributed by atoms with van der Waals surface area (Å²) in [5, 5.41) is 0. The van der Waals surface area contributed by atoms with Gasteiger partial charge in [-0.2, -0.15) is 4.31 Å². The number of methoxy groups -OCH3 is 1. The van der Waals surface area contributed by atoms with Crippen molar-refractivity contribution in [2.75, 3.05) is 25.9 Å². The topological polar surface area (TPSA) is 72.6 Å². The molecule has 112 valence electrons. The van der Waals surface area contributed by atoms with Crippen LogP contribution in [-0.2, 0) is 14.8 Å². The van der Waals surface area contributed by atoms with Gasteiger partial charge in [-0.05, 0) is 43.0 Å². The number of hydrogen-bond donors (Lipinski definition) is 1. The van der Waals surface area contributed by atoms with E-state index in [1.165, 1.54) is 4.31 Å². The molecule has 0 spiro atoms. The third-order valence-electron chi connectivity index (χ3n) is 4.03. The highest BCUT2D eigenvalue weighted by molar-refractivity contribution is 7.89. The van der Waals surface area contributed by atoms with E-state index in [4.69, 9.17) is 10.5 Å². The van der Waals surface area contributed by atoms with Gasteiger partial charge in [-0.3, -0.25) is 0 Å². The molecule has 6 heteroatoms. The number of nitrogens with zero attached hydrogens (tertiary/aromatic N) is 1. The second kappa shape index (κ2) is 5.71. The van der Waals surface area contributed by atoms with Crippen molar-refractivity contribution >= 4 is 15.7 Å². The lowest BCUT2D eigenvalue weighted by Crippen LogP contribution is -2.46. The summed E-state index contributed by atoms with van der Waals surface area (Å²) in [6, 6.07) is 4.84. The average Bonchev–Trinajstić information content (AvgIpc) is 2.42. The molecule has 1 aliphatic heterocycles. The van der Waals surface area contributed by atoms with Gasteiger partial charge in [0, 0.05) is 25.9 Å². The largest absolute Gasteiger partial charge is 0.399 e. The Kier molecular flexibility index (Phi) is 4.36. The van der Waals surface area contributed by atoms with Crippen molar-refractivity contribution in [3.05, 3.63) is 23.8 Å². The summed E-state index contributed by atoms with van der Waals surface area (Å²) in [7, 11) is -1.84. The maximum atomic E-state index is 12.6. The smallest absolute Gasteiger partial charge is 0.243 e. The van der Waals surface area contributed by atoms with E-state index in [1.807, 2.05) is 6.92 Å². The van der Waals surface area contributed by atoms with Crippen molar-refractivity contribution in [1.29, 1.82) is 0 Å². The molecule has 1 aromatic rings. The van der Waals surface area contributed by atoms with E-state index in [1.54, 1.807) is 25.3 Å². The highest BCUT2D eigenvalue weighted by Gasteiger charge is 2.33. The van der Waals surface area contributed by atoms with Crippen molar-refractivity contribution < 1.29 is 13.2 Å². The molecule has 0 aromatic heterocycles. The Labute approximate surface area is 120 Å². The van der Waals surface area contributed by atoms with E-state index in [0.717, 1.165) is 12.0 Å². The molecular weight excluding hydrogens is 276 g/mol. The Bertz CT molecular complexity index is 586. The number of nitrogen functional groups attached to an aromatic ring is 1. The Hall–Kier alpha value is -1.11. The number of benzene rings is 1. The minimum atomic E-state index is -3.47. The Morgan fingerprint density at radius 1 is 1.40 bits per heavy atom. The second-order valence-corrected chi connectivity index (χ2v) is 7.36. The molecule has 2 atom stereocenters. The van der Waals surface area contributed by atoms with Crippen LogP contribution in [0.5, 0.6) is 0 Å². The van der Waals surface area contributed by atoms with Gasteiger partial charge in [-0.25, -0.2) is 8.42 Å². The molecule has 1 fully saturated rings. The van der Waals surface area contributed by atoms with Gasteiger partial charge in [0.15, 0.2) is 0 Å². The summed E-state index contributed by atoms with van der Waals surface area (Å²) >= 11 is 0. The molecular formula is C14H22N2O3S. The first-order valence-electron chi connectivity index (χ1n) is 6.75. The van der Waals surface area contributed by atoms with Crippen LogP contribution in [0, 0.1) is 12.8 Å². The zero-order valence-electron chi connectivity index (χ0n) is 12.2. The molecule has 1 heterocycles. The van der Waals surface area contributed by atoms with Gasteiger partial charge in [0.25, 0.3) is 0 Å². The van der Waals surface area contributed by atoms with Crippen LogP contribution in [0.25, 0.3) is 0 Å². The minimum absolute atomic E-state index is 0.0478. The number of rotatable bonds is 3. The van der Waals surface area contributed by atoms with Crippen molar-refractivity contribution in [1.82, 2.24) is 4.31 Å². The lowest BCUT2D eigenvalue weighted by atomic mass is 9.97. The van der Waals surface area contributed by atoms with Crippen LogP contribution >= 0.6 is 0 Å². The SMILES string of the molecule is COC1CN(S(=O)(=O)c2ccc(N)c(C)c2)CCC1C. The van der Waals surface area contributed by atoms with E-state index < -0.39 is 10.0 Å². The molecule has 0 bridgehead atoms. The number of piperidine rings is 1. The number of anilines is 1. The molecule has 1 aliphatic rings. The number of aryl methyl sites for hydroxylation is 1. The summed E-state index contributed by atoms with van der Waals surface area (Å²) in [6.07, 6.45) is 0.763. The lowest BCUT2D eigenvalue weighted by Gasteiger charge is -2.35. The molecule has 2 N–H and O–H groups in total. The first kappa shape index (κ1) is 15.3. The van der Waals surface area contributed by atoms with Crippen molar-refractivity contribution in [2.45, 2.75) is 31.3 Å². The quantitative estimate of drug-likeness (QED) is 0.861. The summed E-state index contributed by atoms with van der Waals surface area (Å²) in [5.41, 5.74) is 7.12. The molecule has 1 saturated heterocycles. The number of nitrogens with two attached hydrogens (primary N) is 1. The van der Waals surface area contributed by atoms with Crippen LogP contribution in [0.3, 0.4) is 0 Å². The molecule has 0 amide bonds. The van der Waals surface area contributed by atoms with Gasteiger partial charge in [0.1, 0.15) is 0 Å². The van der Waals surface area contributed by atoms with Crippen LogP contribution in [0.15, 0.2) is 23.1 Å². The predicted octanol–water partition coefficient (Wildman–Crippen LogP) is 1.62. The third kappa shape index (κ3) is 2.82. The molecule has 5 nitrogen and oxygen atoms in total. The van der Waals surface area contributed by atoms with E-state index in [9.17, 15) is 8.42 Å². The van der Waals surface area contributed by atoms with E-state index in [-0.39, 0.29) is 6.10 Å². The number of ether oxygens (including phenoxy) is 1. The van der Waals surface area contributed by atoms with Gasteiger partial charge in [0.2, 0.25) is 10.0 Å². The summed E-state index contributed by atoms with van der Waals surface area (Å²) < 4.78 is 32.2.